The normalized spacial score (nSPS) is 31.2. The molecule has 2 fully saturated rings. The van der Waals surface area contributed by atoms with E-state index in [1.54, 1.807) is 0 Å². The predicted octanol–water partition coefficient (Wildman–Crippen LogP) is 2.89. The number of hydrogen-bond acceptors (Lipinski definition) is 3. The van der Waals surface area contributed by atoms with Crippen molar-refractivity contribution in [1.82, 2.24) is 5.32 Å². The van der Waals surface area contributed by atoms with Gasteiger partial charge in [-0.2, -0.15) is 0 Å². The zero-order valence-corrected chi connectivity index (χ0v) is 11.8. The van der Waals surface area contributed by atoms with Crippen molar-refractivity contribution in [3.05, 3.63) is 0 Å². The van der Waals surface area contributed by atoms with Crippen molar-refractivity contribution in [1.29, 1.82) is 0 Å². The first-order valence-corrected chi connectivity index (χ1v) is 7.54. The second kappa shape index (κ2) is 6.55. The summed E-state index contributed by atoms with van der Waals surface area (Å²) < 4.78 is 4.83. The van der Waals surface area contributed by atoms with Crippen molar-refractivity contribution < 1.29 is 9.53 Å². The topological polar surface area (TPSA) is 38.3 Å². The molecule has 3 heteroatoms. The van der Waals surface area contributed by atoms with E-state index in [1.165, 1.54) is 32.8 Å². The van der Waals surface area contributed by atoms with Crippen LogP contribution in [0, 0.1) is 11.8 Å². The summed E-state index contributed by atoms with van der Waals surface area (Å²) in [6, 6.07) is 1.26. The molecule has 0 aromatic carbocycles. The lowest BCUT2D eigenvalue weighted by Gasteiger charge is -2.32. The Balaban J connectivity index is 1.71. The molecule has 2 aliphatic carbocycles. The summed E-state index contributed by atoms with van der Waals surface area (Å²) in [7, 11) is 1.49. The summed E-state index contributed by atoms with van der Waals surface area (Å²) in [4.78, 5) is 11.5. The third-order valence-electron chi connectivity index (χ3n) is 4.87. The summed E-state index contributed by atoms with van der Waals surface area (Å²) in [6.45, 7) is 2.34. The molecule has 0 aromatic rings. The Morgan fingerprint density at radius 2 is 1.72 bits per heavy atom. The van der Waals surface area contributed by atoms with Gasteiger partial charge in [0, 0.05) is 12.1 Å². The third-order valence-corrected chi connectivity index (χ3v) is 4.87. The highest BCUT2D eigenvalue weighted by atomic mass is 16.5. The van der Waals surface area contributed by atoms with Crippen LogP contribution in [0.4, 0.5) is 0 Å². The van der Waals surface area contributed by atoms with Crippen molar-refractivity contribution >= 4 is 5.97 Å². The quantitative estimate of drug-likeness (QED) is 0.783. The molecular weight excluding hydrogens is 226 g/mol. The van der Waals surface area contributed by atoms with Crippen molar-refractivity contribution in [3.8, 4) is 0 Å². The van der Waals surface area contributed by atoms with Crippen LogP contribution in [0.1, 0.15) is 58.3 Å². The molecule has 2 saturated carbocycles. The second-order valence-corrected chi connectivity index (χ2v) is 6.07. The van der Waals surface area contributed by atoms with E-state index in [-0.39, 0.29) is 11.9 Å². The fourth-order valence-corrected chi connectivity index (χ4v) is 3.63. The maximum Gasteiger partial charge on any atom is 0.308 e. The van der Waals surface area contributed by atoms with Crippen LogP contribution in [-0.2, 0) is 9.53 Å². The van der Waals surface area contributed by atoms with Gasteiger partial charge in [-0.05, 0) is 51.4 Å². The highest BCUT2D eigenvalue weighted by molar-refractivity contribution is 5.72. The molecule has 3 nitrogen and oxygen atoms in total. The lowest BCUT2D eigenvalue weighted by molar-refractivity contribution is -0.146. The van der Waals surface area contributed by atoms with Gasteiger partial charge in [-0.1, -0.05) is 12.8 Å². The Morgan fingerprint density at radius 3 is 2.28 bits per heavy atom. The van der Waals surface area contributed by atoms with Crippen LogP contribution in [0.25, 0.3) is 0 Å². The number of rotatable bonds is 4. The molecule has 104 valence electrons. The van der Waals surface area contributed by atoms with Gasteiger partial charge in [0.25, 0.3) is 0 Å². The Bertz CT molecular complexity index is 266. The molecule has 0 amide bonds. The summed E-state index contributed by atoms with van der Waals surface area (Å²) in [6.07, 6.45) is 9.83. The van der Waals surface area contributed by atoms with E-state index in [0.29, 0.717) is 12.1 Å². The molecule has 0 spiro atoms. The standard InChI is InChI=1S/C15H27NO2/c1-11(12-5-3-4-6-12)16-14-9-7-13(8-10-14)15(17)18-2/h11-14,16H,3-10H2,1-2H3. The molecule has 2 aliphatic rings. The van der Waals surface area contributed by atoms with Crippen LogP contribution in [0.15, 0.2) is 0 Å². The van der Waals surface area contributed by atoms with Gasteiger partial charge in [0.1, 0.15) is 0 Å². The van der Waals surface area contributed by atoms with Crippen LogP contribution in [0.5, 0.6) is 0 Å². The molecule has 2 rings (SSSR count). The highest BCUT2D eigenvalue weighted by Gasteiger charge is 2.29. The second-order valence-electron chi connectivity index (χ2n) is 6.07. The molecule has 0 aliphatic heterocycles. The Hall–Kier alpha value is -0.570. The molecule has 0 heterocycles. The van der Waals surface area contributed by atoms with Gasteiger partial charge < -0.3 is 10.1 Å². The molecule has 1 N–H and O–H groups in total. The summed E-state index contributed by atoms with van der Waals surface area (Å²) >= 11 is 0. The number of hydrogen-bond donors (Lipinski definition) is 1. The highest BCUT2D eigenvalue weighted by Crippen LogP contribution is 2.30. The lowest BCUT2D eigenvalue weighted by Crippen LogP contribution is -2.42. The van der Waals surface area contributed by atoms with Crippen molar-refractivity contribution in [2.24, 2.45) is 11.8 Å². The molecule has 0 radical (unpaired) electrons. The summed E-state index contributed by atoms with van der Waals surface area (Å²) in [5.41, 5.74) is 0. The maximum absolute atomic E-state index is 11.5. The van der Waals surface area contributed by atoms with Gasteiger partial charge in [0.05, 0.1) is 13.0 Å². The minimum atomic E-state index is -0.0164. The number of carbonyl (C=O) groups excluding carboxylic acids is 1. The van der Waals surface area contributed by atoms with Crippen LogP contribution >= 0.6 is 0 Å². The molecule has 0 bridgehead atoms. The zero-order chi connectivity index (χ0) is 13.0. The monoisotopic (exact) mass is 253 g/mol. The lowest BCUT2D eigenvalue weighted by atomic mass is 9.85. The largest absolute Gasteiger partial charge is 0.469 e. The fourth-order valence-electron chi connectivity index (χ4n) is 3.63. The molecule has 1 atom stereocenters. The maximum atomic E-state index is 11.5. The van der Waals surface area contributed by atoms with Gasteiger partial charge in [-0.25, -0.2) is 0 Å². The Morgan fingerprint density at radius 1 is 1.11 bits per heavy atom. The number of methoxy groups -OCH3 is 1. The van der Waals surface area contributed by atoms with Crippen LogP contribution < -0.4 is 5.32 Å². The fraction of sp³-hybridized carbons (Fsp3) is 0.933. The van der Waals surface area contributed by atoms with E-state index in [0.717, 1.165) is 31.6 Å². The molecule has 1 unspecified atom stereocenters. The van der Waals surface area contributed by atoms with E-state index in [4.69, 9.17) is 4.74 Å². The van der Waals surface area contributed by atoms with Gasteiger partial charge in [0.15, 0.2) is 0 Å². The van der Waals surface area contributed by atoms with Gasteiger partial charge in [-0.3, -0.25) is 4.79 Å². The Labute approximate surface area is 111 Å². The SMILES string of the molecule is COC(=O)C1CCC(NC(C)C2CCCC2)CC1. The minimum Gasteiger partial charge on any atom is -0.469 e. The van der Waals surface area contributed by atoms with Gasteiger partial charge >= 0.3 is 5.97 Å². The predicted molar refractivity (Wildman–Crippen MR) is 72.3 cm³/mol. The number of ether oxygens (including phenoxy) is 1. The zero-order valence-electron chi connectivity index (χ0n) is 11.8. The van der Waals surface area contributed by atoms with Gasteiger partial charge in [-0.15, -0.1) is 0 Å². The number of esters is 1. The first-order valence-electron chi connectivity index (χ1n) is 7.54. The van der Waals surface area contributed by atoms with Crippen molar-refractivity contribution in [2.75, 3.05) is 7.11 Å². The third kappa shape index (κ3) is 3.47. The molecule has 18 heavy (non-hydrogen) atoms. The van der Waals surface area contributed by atoms with Crippen molar-refractivity contribution in [3.63, 3.8) is 0 Å². The number of nitrogens with one attached hydrogen (secondary N) is 1. The minimum absolute atomic E-state index is 0.0164. The van der Waals surface area contributed by atoms with E-state index >= 15 is 0 Å². The van der Waals surface area contributed by atoms with E-state index in [9.17, 15) is 4.79 Å². The summed E-state index contributed by atoms with van der Waals surface area (Å²) in [5.74, 6) is 1.01. The molecular formula is C15H27NO2. The van der Waals surface area contributed by atoms with Crippen LogP contribution in [0.3, 0.4) is 0 Å². The molecule has 0 aromatic heterocycles. The average molecular weight is 253 g/mol. The average Bonchev–Trinajstić information content (AvgIpc) is 2.92. The smallest absolute Gasteiger partial charge is 0.308 e. The van der Waals surface area contributed by atoms with Crippen LogP contribution in [0.2, 0.25) is 0 Å². The number of carbonyl (C=O) groups is 1. The van der Waals surface area contributed by atoms with E-state index in [2.05, 4.69) is 12.2 Å². The first-order chi connectivity index (χ1) is 8.70. The van der Waals surface area contributed by atoms with Crippen LogP contribution in [-0.4, -0.2) is 25.2 Å². The van der Waals surface area contributed by atoms with E-state index in [1.807, 2.05) is 0 Å². The summed E-state index contributed by atoms with van der Waals surface area (Å²) in [5, 5.41) is 3.79. The van der Waals surface area contributed by atoms with Gasteiger partial charge in [0.2, 0.25) is 0 Å². The van der Waals surface area contributed by atoms with Crippen molar-refractivity contribution in [2.45, 2.75) is 70.4 Å². The Kier molecular flexibility index (Phi) is 5.04. The van der Waals surface area contributed by atoms with E-state index < -0.39 is 0 Å². The molecule has 0 saturated heterocycles. The first kappa shape index (κ1) is 13.9.